The zero-order chi connectivity index (χ0) is 28.6. The number of aromatic nitrogens is 4. The van der Waals surface area contributed by atoms with Crippen LogP contribution in [-0.2, 0) is 20.1 Å². The van der Waals surface area contributed by atoms with E-state index < -0.39 is 0 Å². The van der Waals surface area contributed by atoms with Gasteiger partial charge in [0.05, 0.1) is 11.2 Å². The number of hydrogen-bond acceptors (Lipinski definition) is 3. The van der Waals surface area contributed by atoms with Crippen molar-refractivity contribution in [3.8, 4) is 33.6 Å². The maximum absolute atomic E-state index is 4.78. The van der Waals surface area contributed by atoms with Crippen LogP contribution in [0, 0.1) is 12.3 Å². The van der Waals surface area contributed by atoms with Crippen molar-refractivity contribution < 1.29 is 20.1 Å². The summed E-state index contributed by atoms with van der Waals surface area (Å²) in [6.45, 7) is 0. The molecular weight excluding hydrogens is 717 g/mol. The van der Waals surface area contributed by atoms with E-state index in [-0.39, 0.29) is 20.1 Å². The van der Waals surface area contributed by atoms with Crippen LogP contribution in [0.5, 0.6) is 0 Å². The fourth-order valence-corrected chi connectivity index (χ4v) is 5.80. The average molecular weight is 741 g/mol. The van der Waals surface area contributed by atoms with Gasteiger partial charge < -0.3 is 19.4 Å². The predicted molar refractivity (Wildman–Crippen MR) is 175 cm³/mol. The summed E-state index contributed by atoms with van der Waals surface area (Å²) in [5.41, 5.74) is 9.41. The number of nitrogens with zero attached hydrogens (tertiary/aromatic N) is 4. The topological polar surface area (TPSA) is 43.1 Å². The SMILES string of the molecule is [Ir].[c-]1ccccc1-c1ccccn1.[c-]1nc2c(cc1-c1ccc(-c3ccccc3)cn1)c1cccc3c4ccccc4n2c31. The molecule has 0 spiro atoms. The molecule has 9 aromatic rings. The van der Waals surface area contributed by atoms with Crippen LogP contribution in [0.3, 0.4) is 0 Å². The molecule has 0 aliphatic carbocycles. The minimum absolute atomic E-state index is 0. The Morgan fingerprint density at radius 2 is 1.30 bits per heavy atom. The molecule has 0 saturated carbocycles. The fraction of sp³-hybridized carbons (Fsp3) is 0. The summed E-state index contributed by atoms with van der Waals surface area (Å²) in [6, 6.07) is 48.5. The molecule has 5 aromatic heterocycles. The molecule has 0 amide bonds. The zero-order valence-electron chi connectivity index (χ0n) is 23.5. The van der Waals surface area contributed by atoms with Crippen LogP contribution in [0.1, 0.15) is 0 Å². The molecule has 0 unspecified atom stereocenters. The summed E-state index contributed by atoms with van der Waals surface area (Å²) in [6.07, 6.45) is 6.95. The van der Waals surface area contributed by atoms with Crippen molar-refractivity contribution in [2.75, 3.05) is 0 Å². The third-order valence-electron chi connectivity index (χ3n) is 7.81. The van der Waals surface area contributed by atoms with Crippen LogP contribution in [0.4, 0.5) is 0 Å². The van der Waals surface area contributed by atoms with Crippen molar-refractivity contribution in [1.29, 1.82) is 0 Å². The minimum atomic E-state index is 0. The molecule has 0 atom stereocenters. The Labute approximate surface area is 268 Å². The molecule has 4 aromatic carbocycles. The van der Waals surface area contributed by atoms with Gasteiger partial charge in [-0.25, -0.2) is 0 Å². The fourth-order valence-electron chi connectivity index (χ4n) is 5.80. The monoisotopic (exact) mass is 741 g/mol. The van der Waals surface area contributed by atoms with Gasteiger partial charge in [-0.1, -0.05) is 96.4 Å². The summed E-state index contributed by atoms with van der Waals surface area (Å²) in [5, 5.41) is 4.87. The number of pyridine rings is 3. The molecule has 4 nitrogen and oxygen atoms in total. The summed E-state index contributed by atoms with van der Waals surface area (Å²) < 4.78 is 2.27. The minimum Gasteiger partial charge on any atom is -0.335 e. The van der Waals surface area contributed by atoms with E-state index in [4.69, 9.17) is 9.97 Å². The maximum Gasteiger partial charge on any atom is 0.0604 e. The quantitative estimate of drug-likeness (QED) is 0.170. The van der Waals surface area contributed by atoms with Crippen molar-refractivity contribution >= 4 is 38.2 Å². The number of hydrogen-bond donors (Lipinski definition) is 0. The van der Waals surface area contributed by atoms with Gasteiger partial charge in [-0.2, -0.15) is 0 Å². The van der Waals surface area contributed by atoms with Crippen molar-refractivity contribution in [1.82, 2.24) is 19.4 Å². The predicted octanol–water partition coefficient (Wildman–Crippen LogP) is 9.31. The first-order chi connectivity index (χ1) is 21.3. The first-order valence-electron chi connectivity index (χ1n) is 14.2. The van der Waals surface area contributed by atoms with E-state index in [0.717, 1.165) is 44.7 Å². The molecule has 0 fully saturated rings. The van der Waals surface area contributed by atoms with Crippen LogP contribution in [-0.4, -0.2) is 19.4 Å². The molecule has 9 rings (SSSR count). The number of rotatable bonds is 3. The van der Waals surface area contributed by atoms with Crippen LogP contribution in [0.15, 0.2) is 146 Å². The molecule has 0 aliphatic heterocycles. The second-order valence-corrected chi connectivity index (χ2v) is 10.4. The molecule has 0 bridgehead atoms. The second-order valence-electron chi connectivity index (χ2n) is 10.4. The summed E-state index contributed by atoms with van der Waals surface area (Å²) in [7, 11) is 0. The van der Waals surface area contributed by atoms with E-state index >= 15 is 0 Å². The third-order valence-corrected chi connectivity index (χ3v) is 7.81. The van der Waals surface area contributed by atoms with Gasteiger partial charge in [0.1, 0.15) is 0 Å². The first kappa shape index (κ1) is 27.6. The van der Waals surface area contributed by atoms with Gasteiger partial charge in [0.15, 0.2) is 0 Å². The summed E-state index contributed by atoms with van der Waals surface area (Å²) in [5.74, 6) is 0. The molecule has 211 valence electrons. The largest absolute Gasteiger partial charge is 0.335 e. The summed E-state index contributed by atoms with van der Waals surface area (Å²) >= 11 is 0. The van der Waals surface area contributed by atoms with E-state index in [0.29, 0.717) is 0 Å². The normalized spacial score (nSPS) is 11.0. The molecule has 44 heavy (non-hydrogen) atoms. The summed E-state index contributed by atoms with van der Waals surface area (Å²) in [4.78, 5) is 13.7. The molecular formula is C39H24IrN4-2. The number of benzene rings is 4. The van der Waals surface area contributed by atoms with Gasteiger partial charge in [-0.05, 0) is 46.2 Å². The Bertz CT molecular complexity index is 2280. The van der Waals surface area contributed by atoms with Gasteiger partial charge in [-0.15, -0.1) is 47.5 Å². The van der Waals surface area contributed by atoms with E-state index in [2.05, 4.69) is 88.4 Å². The standard InChI is InChI=1S/C28H16N3.C11H8N.Ir/c1-2-7-18(8-3-1)19-13-14-25(29-16-19)20-15-24-23-11-6-10-22-21-9-4-5-12-26(21)31(27(22)23)28(24)30-17-20;1-2-6-10(7-3-1)11-8-4-5-9-12-11;/h1-16H;1-6,8-9H;/q2*-1;. The first-order valence-corrected chi connectivity index (χ1v) is 14.2. The Morgan fingerprint density at radius 1 is 0.545 bits per heavy atom. The van der Waals surface area contributed by atoms with Crippen LogP contribution < -0.4 is 0 Å². The van der Waals surface area contributed by atoms with E-state index in [1.54, 1.807) is 6.20 Å². The van der Waals surface area contributed by atoms with Gasteiger partial charge in [0, 0.05) is 48.8 Å². The molecule has 1 radical (unpaired) electrons. The molecule has 0 N–H and O–H groups in total. The molecule has 0 aliphatic rings. The van der Waals surface area contributed by atoms with Crippen molar-refractivity contribution in [2.24, 2.45) is 0 Å². The molecule has 5 heteroatoms. The average Bonchev–Trinajstić information content (AvgIpc) is 3.62. The maximum atomic E-state index is 4.78. The Morgan fingerprint density at radius 3 is 2.07 bits per heavy atom. The number of fused-ring (bicyclic) bond motifs is 6. The van der Waals surface area contributed by atoms with Crippen molar-refractivity contribution in [3.05, 3.63) is 158 Å². The Hall–Kier alpha value is -5.22. The van der Waals surface area contributed by atoms with Gasteiger partial charge >= 0.3 is 0 Å². The Kier molecular flexibility index (Phi) is 7.41. The second kappa shape index (κ2) is 11.8. The van der Waals surface area contributed by atoms with Crippen LogP contribution in [0.2, 0.25) is 0 Å². The van der Waals surface area contributed by atoms with Crippen LogP contribution >= 0.6 is 0 Å². The van der Waals surface area contributed by atoms with E-state index in [1.165, 1.54) is 27.2 Å². The molecule has 5 heterocycles. The van der Waals surface area contributed by atoms with Gasteiger partial charge in [0.25, 0.3) is 0 Å². The zero-order valence-corrected chi connectivity index (χ0v) is 25.9. The van der Waals surface area contributed by atoms with Crippen molar-refractivity contribution in [2.45, 2.75) is 0 Å². The van der Waals surface area contributed by atoms with E-state index in [1.807, 2.05) is 72.9 Å². The van der Waals surface area contributed by atoms with Gasteiger partial charge in [0.2, 0.25) is 0 Å². The van der Waals surface area contributed by atoms with Crippen molar-refractivity contribution in [3.63, 3.8) is 0 Å². The smallest absolute Gasteiger partial charge is 0.0604 e. The Balaban J connectivity index is 0.000000203. The van der Waals surface area contributed by atoms with E-state index in [9.17, 15) is 0 Å². The third kappa shape index (κ3) is 4.83. The molecule has 0 saturated heterocycles. The number of para-hydroxylation sites is 2. The van der Waals surface area contributed by atoms with Gasteiger partial charge in [-0.3, -0.25) is 0 Å². The van der Waals surface area contributed by atoms with Crippen LogP contribution in [0.25, 0.3) is 71.9 Å².